The van der Waals surface area contributed by atoms with Crippen LogP contribution in [0.15, 0.2) is 29.3 Å². The Morgan fingerprint density at radius 3 is 3.00 bits per heavy atom. The summed E-state index contributed by atoms with van der Waals surface area (Å²) in [5, 5.41) is 3.18. The van der Waals surface area contributed by atoms with Crippen molar-refractivity contribution in [1.29, 1.82) is 0 Å². The molecule has 0 radical (unpaired) electrons. The molecular formula is C14H19N3. The lowest BCUT2D eigenvalue weighted by atomic mass is 10.1. The Hall–Kier alpha value is -1.51. The van der Waals surface area contributed by atoms with E-state index in [9.17, 15) is 0 Å². The highest BCUT2D eigenvalue weighted by Gasteiger charge is 2.63. The first-order valence-electron chi connectivity index (χ1n) is 6.41. The van der Waals surface area contributed by atoms with Gasteiger partial charge in [-0.05, 0) is 48.8 Å². The van der Waals surface area contributed by atoms with E-state index in [2.05, 4.69) is 29.4 Å². The number of nitrogens with one attached hydrogen (secondary N) is 1. The van der Waals surface area contributed by atoms with Gasteiger partial charge >= 0.3 is 0 Å². The average Bonchev–Trinajstić information content (AvgIpc) is 3.21. The smallest absolute Gasteiger partial charge is 0.193 e. The average molecular weight is 229 g/mol. The van der Waals surface area contributed by atoms with Gasteiger partial charge < -0.3 is 11.1 Å². The van der Waals surface area contributed by atoms with Crippen LogP contribution < -0.4 is 11.1 Å². The minimum Gasteiger partial charge on any atom is -0.370 e. The van der Waals surface area contributed by atoms with Crippen molar-refractivity contribution in [1.82, 2.24) is 0 Å². The molecule has 0 amide bonds. The number of benzene rings is 1. The molecule has 2 fully saturated rings. The monoisotopic (exact) mass is 229 g/mol. The molecule has 3 nitrogen and oxygen atoms in total. The van der Waals surface area contributed by atoms with Crippen molar-refractivity contribution >= 4 is 11.6 Å². The SMILES string of the molecule is CCc1cccc(NC(N)=NC2CC23CC3)c1. The Balaban J connectivity index is 1.65. The number of hydrogen-bond acceptors (Lipinski definition) is 1. The summed E-state index contributed by atoms with van der Waals surface area (Å²) in [5.41, 5.74) is 8.86. The molecule has 2 aliphatic rings. The molecule has 0 aliphatic heterocycles. The van der Waals surface area contributed by atoms with Crippen LogP contribution in [0.3, 0.4) is 0 Å². The van der Waals surface area contributed by atoms with Gasteiger partial charge in [0.15, 0.2) is 5.96 Å². The van der Waals surface area contributed by atoms with Gasteiger partial charge in [0.2, 0.25) is 0 Å². The van der Waals surface area contributed by atoms with Crippen molar-refractivity contribution in [3.8, 4) is 0 Å². The molecule has 0 bridgehead atoms. The van der Waals surface area contributed by atoms with E-state index in [1.54, 1.807) is 0 Å². The number of hydrogen-bond donors (Lipinski definition) is 2. The third-order valence-corrected chi connectivity index (χ3v) is 3.94. The molecule has 0 heterocycles. The fourth-order valence-corrected chi connectivity index (χ4v) is 2.42. The normalized spacial score (nSPS) is 24.8. The predicted molar refractivity (Wildman–Crippen MR) is 71.1 cm³/mol. The molecule has 90 valence electrons. The van der Waals surface area contributed by atoms with Crippen molar-refractivity contribution in [2.75, 3.05) is 5.32 Å². The van der Waals surface area contributed by atoms with Crippen LogP contribution in [0.25, 0.3) is 0 Å². The minimum absolute atomic E-state index is 0.490. The number of guanidine groups is 1. The standard InChI is InChI=1S/C14H19N3/c1-2-10-4-3-5-11(8-10)16-13(15)17-12-9-14(12)6-7-14/h3-5,8,12H,2,6-7,9H2,1H3,(H3,15,16,17). The summed E-state index contributed by atoms with van der Waals surface area (Å²) in [4.78, 5) is 4.54. The molecule has 2 aliphatic carbocycles. The summed E-state index contributed by atoms with van der Waals surface area (Å²) >= 11 is 0. The summed E-state index contributed by atoms with van der Waals surface area (Å²) in [6.07, 6.45) is 4.97. The van der Waals surface area contributed by atoms with Crippen LogP contribution in [0.4, 0.5) is 5.69 Å². The molecule has 3 N–H and O–H groups in total. The first-order chi connectivity index (χ1) is 8.22. The van der Waals surface area contributed by atoms with Gasteiger partial charge in [-0.3, -0.25) is 0 Å². The lowest BCUT2D eigenvalue weighted by Crippen LogP contribution is -2.23. The molecule has 1 unspecified atom stereocenters. The molecule has 1 aromatic carbocycles. The number of nitrogens with zero attached hydrogens (tertiary/aromatic N) is 1. The van der Waals surface area contributed by atoms with Gasteiger partial charge in [0.1, 0.15) is 0 Å². The summed E-state index contributed by atoms with van der Waals surface area (Å²) in [7, 11) is 0. The predicted octanol–water partition coefficient (Wildman–Crippen LogP) is 2.53. The fourth-order valence-electron chi connectivity index (χ4n) is 2.42. The molecule has 3 heteroatoms. The van der Waals surface area contributed by atoms with Crippen molar-refractivity contribution < 1.29 is 0 Å². The molecule has 1 atom stereocenters. The lowest BCUT2D eigenvalue weighted by Gasteiger charge is -2.06. The van der Waals surface area contributed by atoms with Gasteiger partial charge in [0.05, 0.1) is 6.04 Å². The van der Waals surface area contributed by atoms with Crippen LogP contribution in [-0.4, -0.2) is 12.0 Å². The van der Waals surface area contributed by atoms with Gasteiger partial charge in [0.25, 0.3) is 0 Å². The second-order valence-electron chi connectivity index (χ2n) is 5.28. The van der Waals surface area contributed by atoms with Crippen LogP contribution in [0.1, 0.15) is 31.7 Å². The van der Waals surface area contributed by atoms with E-state index in [-0.39, 0.29) is 0 Å². The quantitative estimate of drug-likeness (QED) is 0.618. The lowest BCUT2D eigenvalue weighted by molar-refractivity contribution is 0.825. The van der Waals surface area contributed by atoms with E-state index in [0.717, 1.165) is 12.1 Å². The van der Waals surface area contributed by atoms with Crippen molar-refractivity contribution in [3.63, 3.8) is 0 Å². The Morgan fingerprint density at radius 2 is 2.35 bits per heavy atom. The second-order valence-corrected chi connectivity index (χ2v) is 5.28. The number of nitrogens with two attached hydrogens (primary N) is 1. The van der Waals surface area contributed by atoms with Crippen LogP contribution in [-0.2, 0) is 6.42 Å². The van der Waals surface area contributed by atoms with Gasteiger partial charge in [-0.1, -0.05) is 19.1 Å². The van der Waals surface area contributed by atoms with E-state index < -0.39 is 0 Å². The van der Waals surface area contributed by atoms with E-state index in [4.69, 9.17) is 5.73 Å². The number of anilines is 1. The van der Waals surface area contributed by atoms with E-state index in [0.29, 0.717) is 17.4 Å². The summed E-state index contributed by atoms with van der Waals surface area (Å²) in [5.74, 6) is 0.562. The second kappa shape index (κ2) is 3.76. The van der Waals surface area contributed by atoms with Crippen molar-refractivity contribution in [2.45, 2.75) is 38.6 Å². The maximum atomic E-state index is 5.93. The molecule has 2 saturated carbocycles. The topological polar surface area (TPSA) is 50.4 Å². The largest absolute Gasteiger partial charge is 0.370 e. The maximum absolute atomic E-state index is 5.93. The zero-order chi connectivity index (χ0) is 11.9. The van der Waals surface area contributed by atoms with Crippen molar-refractivity contribution in [3.05, 3.63) is 29.8 Å². The Kier molecular flexibility index (Phi) is 2.35. The van der Waals surface area contributed by atoms with Crippen molar-refractivity contribution in [2.24, 2.45) is 16.1 Å². The van der Waals surface area contributed by atoms with Gasteiger partial charge in [-0.15, -0.1) is 0 Å². The Bertz CT molecular complexity index is 460. The summed E-state index contributed by atoms with van der Waals surface area (Å²) in [6.45, 7) is 2.15. The molecule has 1 aromatic rings. The third-order valence-electron chi connectivity index (χ3n) is 3.94. The summed E-state index contributed by atoms with van der Waals surface area (Å²) in [6, 6.07) is 8.82. The van der Waals surface area contributed by atoms with Gasteiger partial charge in [-0.2, -0.15) is 0 Å². The van der Waals surface area contributed by atoms with Crippen LogP contribution in [0.2, 0.25) is 0 Å². The molecule has 3 rings (SSSR count). The maximum Gasteiger partial charge on any atom is 0.193 e. The molecular weight excluding hydrogens is 210 g/mol. The zero-order valence-electron chi connectivity index (χ0n) is 10.2. The minimum atomic E-state index is 0.490. The summed E-state index contributed by atoms with van der Waals surface area (Å²) < 4.78 is 0. The Morgan fingerprint density at radius 1 is 1.53 bits per heavy atom. The van der Waals surface area contributed by atoms with Crippen LogP contribution in [0, 0.1) is 5.41 Å². The number of aryl methyl sites for hydroxylation is 1. The fraction of sp³-hybridized carbons (Fsp3) is 0.500. The molecule has 17 heavy (non-hydrogen) atoms. The van der Waals surface area contributed by atoms with Gasteiger partial charge in [0, 0.05) is 5.69 Å². The van der Waals surface area contributed by atoms with Gasteiger partial charge in [-0.25, -0.2) is 4.99 Å². The molecule has 0 aromatic heterocycles. The van der Waals surface area contributed by atoms with E-state index in [1.165, 1.54) is 24.8 Å². The van der Waals surface area contributed by atoms with E-state index in [1.807, 2.05) is 12.1 Å². The highest BCUT2D eigenvalue weighted by Crippen LogP contribution is 2.67. The van der Waals surface area contributed by atoms with Crippen LogP contribution >= 0.6 is 0 Å². The van der Waals surface area contributed by atoms with Crippen LogP contribution in [0.5, 0.6) is 0 Å². The highest BCUT2D eigenvalue weighted by atomic mass is 15.1. The third kappa shape index (κ3) is 2.14. The number of rotatable bonds is 3. The zero-order valence-corrected chi connectivity index (χ0v) is 10.2. The Labute approximate surface area is 102 Å². The highest BCUT2D eigenvalue weighted by molar-refractivity contribution is 5.92. The first kappa shape index (κ1) is 10.6. The number of aliphatic imine (C=N–C) groups is 1. The molecule has 1 spiro atoms. The first-order valence-corrected chi connectivity index (χ1v) is 6.41. The van der Waals surface area contributed by atoms with E-state index >= 15 is 0 Å². The molecule has 0 saturated heterocycles.